The zero-order chi connectivity index (χ0) is 12.3. The first-order valence-electron chi connectivity index (χ1n) is 6.14. The summed E-state index contributed by atoms with van der Waals surface area (Å²) in [6, 6.07) is 3.72. The first kappa shape index (κ1) is 12.2. The van der Waals surface area contributed by atoms with Crippen LogP contribution in [0.4, 0.5) is 8.78 Å². The van der Waals surface area contributed by atoms with E-state index in [1.54, 1.807) is 0 Å². The molecule has 0 radical (unpaired) electrons. The van der Waals surface area contributed by atoms with Crippen LogP contribution in [0.1, 0.15) is 37.7 Å². The third-order valence-corrected chi connectivity index (χ3v) is 3.47. The summed E-state index contributed by atoms with van der Waals surface area (Å²) < 4.78 is 26.8. The van der Waals surface area contributed by atoms with E-state index in [4.69, 9.17) is 0 Å². The summed E-state index contributed by atoms with van der Waals surface area (Å²) in [4.78, 5) is 11.9. The van der Waals surface area contributed by atoms with Crippen molar-refractivity contribution in [3.8, 4) is 0 Å². The number of carbonyl (C=O) groups is 1. The summed E-state index contributed by atoms with van der Waals surface area (Å²) in [5.41, 5.74) is -0.0805. The highest BCUT2D eigenvalue weighted by Crippen LogP contribution is 2.26. The molecule has 1 saturated carbocycles. The monoisotopic (exact) mass is 238 g/mol. The number of halogens is 2. The molecule has 1 nitrogen and oxygen atoms in total. The molecule has 0 spiro atoms. The van der Waals surface area contributed by atoms with E-state index in [2.05, 4.69) is 0 Å². The van der Waals surface area contributed by atoms with Gasteiger partial charge >= 0.3 is 0 Å². The Morgan fingerprint density at radius 3 is 2.29 bits per heavy atom. The molecule has 0 aromatic heterocycles. The van der Waals surface area contributed by atoms with Crippen molar-refractivity contribution in [2.45, 2.75) is 38.5 Å². The normalized spacial score (nSPS) is 17.1. The molecule has 0 bridgehead atoms. The van der Waals surface area contributed by atoms with Gasteiger partial charge in [-0.2, -0.15) is 0 Å². The fraction of sp³-hybridized carbons (Fsp3) is 0.500. The molecule has 0 amide bonds. The number of benzene rings is 1. The minimum atomic E-state index is -0.617. The highest BCUT2D eigenvalue weighted by Gasteiger charge is 2.23. The fourth-order valence-corrected chi connectivity index (χ4v) is 2.44. The topological polar surface area (TPSA) is 17.1 Å². The maximum absolute atomic E-state index is 13.4. The molecule has 2 rings (SSSR count). The molecular weight excluding hydrogens is 222 g/mol. The van der Waals surface area contributed by atoms with Gasteiger partial charge in [-0.15, -0.1) is 0 Å². The Bertz CT molecular complexity index is 388. The van der Waals surface area contributed by atoms with Gasteiger partial charge in [0, 0.05) is 17.9 Å². The molecule has 1 aliphatic carbocycles. The van der Waals surface area contributed by atoms with Crippen molar-refractivity contribution < 1.29 is 13.6 Å². The second-order valence-electron chi connectivity index (χ2n) is 4.68. The van der Waals surface area contributed by atoms with E-state index in [-0.39, 0.29) is 23.7 Å². The SMILES string of the molecule is O=C(Cc1c(F)cccc1F)C1CCCCC1. The third-order valence-electron chi connectivity index (χ3n) is 3.47. The van der Waals surface area contributed by atoms with Gasteiger partial charge in [0.25, 0.3) is 0 Å². The number of Topliss-reactive ketones (excluding diaryl/α,β-unsaturated/α-hetero) is 1. The minimum absolute atomic E-state index is 0.00255. The van der Waals surface area contributed by atoms with Gasteiger partial charge in [0.05, 0.1) is 0 Å². The second-order valence-corrected chi connectivity index (χ2v) is 4.68. The Balaban J connectivity index is 2.07. The van der Waals surface area contributed by atoms with E-state index < -0.39 is 11.6 Å². The average molecular weight is 238 g/mol. The van der Waals surface area contributed by atoms with E-state index in [1.165, 1.54) is 18.2 Å². The van der Waals surface area contributed by atoms with Crippen molar-refractivity contribution in [1.29, 1.82) is 0 Å². The molecule has 0 N–H and O–H groups in total. The first-order valence-corrected chi connectivity index (χ1v) is 6.14. The van der Waals surface area contributed by atoms with Crippen molar-refractivity contribution >= 4 is 5.78 Å². The van der Waals surface area contributed by atoms with Crippen molar-refractivity contribution in [2.75, 3.05) is 0 Å². The van der Waals surface area contributed by atoms with Gasteiger partial charge in [0.2, 0.25) is 0 Å². The number of rotatable bonds is 3. The molecule has 0 unspecified atom stereocenters. The molecule has 1 aromatic rings. The predicted molar refractivity (Wildman–Crippen MR) is 61.6 cm³/mol. The molecule has 0 atom stereocenters. The Morgan fingerprint density at radius 2 is 1.71 bits per heavy atom. The van der Waals surface area contributed by atoms with Crippen LogP contribution in [-0.4, -0.2) is 5.78 Å². The number of hydrogen-bond acceptors (Lipinski definition) is 1. The standard InChI is InChI=1S/C14H16F2O/c15-12-7-4-8-13(16)11(12)9-14(17)10-5-2-1-3-6-10/h4,7-8,10H,1-3,5-6,9H2. The smallest absolute Gasteiger partial charge is 0.140 e. The van der Waals surface area contributed by atoms with Crippen LogP contribution in [0.5, 0.6) is 0 Å². The zero-order valence-electron chi connectivity index (χ0n) is 9.72. The van der Waals surface area contributed by atoms with Gasteiger partial charge in [-0.05, 0) is 25.0 Å². The van der Waals surface area contributed by atoms with Crippen LogP contribution in [0.2, 0.25) is 0 Å². The molecule has 3 heteroatoms. The average Bonchev–Trinajstić information content (AvgIpc) is 2.35. The summed E-state index contributed by atoms with van der Waals surface area (Å²) in [6.07, 6.45) is 4.90. The lowest BCUT2D eigenvalue weighted by Gasteiger charge is -2.20. The van der Waals surface area contributed by atoms with Crippen LogP contribution >= 0.6 is 0 Å². The van der Waals surface area contributed by atoms with E-state index in [0.29, 0.717) is 0 Å². The quantitative estimate of drug-likeness (QED) is 0.785. The Morgan fingerprint density at radius 1 is 1.12 bits per heavy atom. The number of carbonyl (C=O) groups excluding carboxylic acids is 1. The second kappa shape index (κ2) is 5.39. The number of ketones is 1. The highest BCUT2D eigenvalue weighted by atomic mass is 19.1. The van der Waals surface area contributed by atoms with E-state index >= 15 is 0 Å². The summed E-state index contributed by atoms with van der Waals surface area (Å²) >= 11 is 0. The molecule has 1 aromatic carbocycles. The minimum Gasteiger partial charge on any atom is -0.299 e. The van der Waals surface area contributed by atoms with Gasteiger partial charge in [-0.3, -0.25) is 4.79 Å². The van der Waals surface area contributed by atoms with Crippen LogP contribution in [0.3, 0.4) is 0 Å². The largest absolute Gasteiger partial charge is 0.299 e. The van der Waals surface area contributed by atoms with Gasteiger partial charge in [-0.25, -0.2) is 8.78 Å². The van der Waals surface area contributed by atoms with E-state index in [1.807, 2.05) is 0 Å². The number of hydrogen-bond donors (Lipinski definition) is 0. The van der Waals surface area contributed by atoms with Gasteiger partial charge in [-0.1, -0.05) is 25.3 Å². The molecule has 0 aliphatic heterocycles. The molecule has 92 valence electrons. The zero-order valence-corrected chi connectivity index (χ0v) is 9.72. The first-order chi connectivity index (χ1) is 8.18. The summed E-state index contributed by atoms with van der Waals surface area (Å²) in [6.45, 7) is 0. The van der Waals surface area contributed by atoms with Crippen molar-refractivity contribution in [3.63, 3.8) is 0 Å². The maximum atomic E-state index is 13.4. The summed E-state index contributed by atoms with van der Waals surface area (Å²) in [5, 5.41) is 0. The van der Waals surface area contributed by atoms with Crippen molar-refractivity contribution in [2.24, 2.45) is 5.92 Å². The van der Waals surface area contributed by atoms with Crippen LogP contribution in [0, 0.1) is 17.6 Å². The van der Waals surface area contributed by atoms with Crippen LogP contribution in [0.15, 0.2) is 18.2 Å². The predicted octanol–water partition coefficient (Wildman–Crippen LogP) is 3.66. The molecule has 17 heavy (non-hydrogen) atoms. The lowest BCUT2D eigenvalue weighted by Crippen LogP contribution is -2.20. The van der Waals surface area contributed by atoms with Gasteiger partial charge < -0.3 is 0 Å². The van der Waals surface area contributed by atoms with E-state index in [9.17, 15) is 13.6 Å². The molecule has 0 heterocycles. The Kier molecular flexibility index (Phi) is 3.87. The fourth-order valence-electron chi connectivity index (χ4n) is 2.44. The maximum Gasteiger partial charge on any atom is 0.140 e. The lowest BCUT2D eigenvalue weighted by molar-refractivity contribution is -0.123. The summed E-state index contributed by atoms with van der Waals surface area (Å²) in [5.74, 6) is -1.25. The van der Waals surface area contributed by atoms with Gasteiger partial charge in [0.15, 0.2) is 0 Å². The van der Waals surface area contributed by atoms with Crippen molar-refractivity contribution in [1.82, 2.24) is 0 Å². The van der Waals surface area contributed by atoms with E-state index in [0.717, 1.165) is 32.1 Å². The molecular formula is C14H16F2O. The van der Waals surface area contributed by atoms with Crippen molar-refractivity contribution in [3.05, 3.63) is 35.4 Å². The highest BCUT2D eigenvalue weighted by molar-refractivity contribution is 5.83. The Labute approximate surface area is 99.8 Å². The molecule has 1 aliphatic rings. The molecule has 0 saturated heterocycles. The lowest BCUT2D eigenvalue weighted by atomic mass is 9.84. The van der Waals surface area contributed by atoms with Crippen LogP contribution < -0.4 is 0 Å². The third kappa shape index (κ3) is 2.90. The summed E-state index contributed by atoms with van der Waals surface area (Å²) in [7, 11) is 0. The van der Waals surface area contributed by atoms with Crippen LogP contribution in [-0.2, 0) is 11.2 Å². The van der Waals surface area contributed by atoms with Gasteiger partial charge in [0.1, 0.15) is 17.4 Å². The molecule has 1 fully saturated rings. The Hall–Kier alpha value is -1.25. The van der Waals surface area contributed by atoms with Crippen LogP contribution in [0.25, 0.3) is 0 Å².